The molecule has 1 atom stereocenters. The van der Waals surface area contributed by atoms with E-state index >= 15 is 4.79 Å². The van der Waals surface area contributed by atoms with Crippen LogP contribution in [0, 0.1) is 0 Å². The van der Waals surface area contributed by atoms with Gasteiger partial charge in [-0.15, -0.1) is 0 Å². The summed E-state index contributed by atoms with van der Waals surface area (Å²) in [5.74, 6) is -0.0666. The average Bonchev–Trinajstić information content (AvgIpc) is 3.67. The van der Waals surface area contributed by atoms with Crippen LogP contribution in [0.3, 0.4) is 0 Å². The van der Waals surface area contributed by atoms with Crippen molar-refractivity contribution in [3.8, 4) is 34.5 Å². The molecule has 0 aromatic heterocycles. The second-order valence-corrected chi connectivity index (χ2v) is 19.7. The summed E-state index contributed by atoms with van der Waals surface area (Å²) in [7, 11) is 15.9. The van der Waals surface area contributed by atoms with E-state index in [9.17, 15) is 30.6 Å². The Bertz CT molecular complexity index is 3370. The van der Waals surface area contributed by atoms with Gasteiger partial charge in [0.15, 0.2) is 0 Å². The van der Waals surface area contributed by atoms with Crippen molar-refractivity contribution in [3.63, 3.8) is 0 Å². The molecule has 0 aliphatic carbocycles. The van der Waals surface area contributed by atoms with Crippen LogP contribution in [0.4, 0.5) is 0 Å². The van der Waals surface area contributed by atoms with Crippen molar-refractivity contribution in [2.24, 2.45) is 0 Å². The van der Waals surface area contributed by atoms with Gasteiger partial charge < -0.3 is 35.4 Å². The Labute approximate surface area is 457 Å². The van der Waals surface area contributed by atoms with Gasteiger partial charge in [-0.2, -0.15) is 0 Å². The first-order valence-corrected chi connectivity index (χ1v) is 25.4. The van der Waals surface area contributed by atoms with Gasteiger partial charge in [0, 0.05) is 23.8 Å². The van der Waals surface area contributed by atoms with Crippen LogP contribution in [0.5, 0.6) is 34.5 Å². The highest BCUT2D eigenvalue weighted by atomic mass is 16.5. The number of hydrogen-bond donors (Lipinski definition) is 6. The van der Waals surface area contributed by atoms with E-state index in [1.807, 2.05) is 127 Å². The third-order valence-electron chi connectivity index (χ3n) is 15.4. The van der Waals surface area contributed by atoms with Gasteiger partial charge in [0.1, 0.15) is 46.5 Å². The maximum atomic E-state index is 16.0. The summed E-state index contributed by atoms with van der Waals surface area (Å²) < 4.78 is 6.52. The number of rotatable bonds is 16. The third-order valence-corrected chi connectivity index (χ3v) is 15.4. The SMILES string of the molecule is [B][B]C(c1ccc(O)cc1)(c1ccc(O)cc1)c1ccc(C(C(=O)OCc2ccccc2)(c2ccc(C([B])(c3ccc(O)cc3)c3ccc(O)cc3)cc2)c2ccc(C(C)(c3ccc(O)cc3)c3ccc(O)cc3)cc2)cc1. The highest BCUT2D eigenvalue weighted by Crippen LogP contribution is 2.47. The lowest BCUT2D eigenvalue weighted by molar-refractivity contribution is -0.148. The molecule has 10 aromatic carbocycles. The molecule has 0 bridgehead atoms. The van der Waals surface area contributed by atoms with Crippen LogP contribution in [0.2, 0.25) is 0 Å². The number of phenols is 6. The molecule has 0 aliphatic heterocycles. The van der Waals surface area contributed by atoms with Crippen molar-refractivity contribution < 1.29 is 40.2 Å². The standard InChI is InChI=1S/C67H52B3O8/c1-64(46-19-31-57(71)32-20-46,47-21-33-58(72)34-22-47)45-7-9-48(10-8-45)65(63(77)78-43-44-5-3-2-4-6-44,49-11-15-51(16-12-49)66(68,52-23-35-59(73)36-24-52)53-25-37-60(74)38-26-53)50-13-17-54(18-14-50)67(70-69,55-27-39-61(75)40-28-55)56-29-41-62(76)42-30-56/h2-42,71-76H,43H2,1H3. The highest BCUT2D eigenvalue weighted by molar-refractivity contribution is 6.92. The zero-order valence-electron chi connectivity index (χ0n) is 42.6. The predicted octanol–water partition coefficient (Wildman–Crippen LogP) is 11.9. The number of aromatic hydroxyl groups is 6. The van der Waals surface area contributed by atoms with E-state index in [1.54, 1.807) is 128 Å². The van der Waals surface area contributed by atoms with Crippen LogP contribution in [-0.4, -0.2) is 59.4 Å². The Morgan fingerprint density at radius 2 is 0.615 bits per heavy atom. The van der Waals surface area contributed by atoms with Crippen molar-refractivity contribution in [1.82, 2.24) is 0 Å². The first-order chi connectivity index (χ1) is 37.7. The zero-order chi connectivity index (χ0) is 54.7. The molecule has 5 radical (unpaired) electrons. The topological polar surface area (TPSA) is 148 Å². The van der Waals surface area contributed by atoms with Crippen molar-refractivity contribution in [1.29, 1.82) is 0 Å². The predicted molar refractivity (Wildman–Crippen MR) is 307 cm³/mol. The number of carbonyl (C=O) groups is 1. The fraction of sp³-hybridized carbons (Fsp3) is 0.0896. The van der Waals surface area contributed by atoms with Crippen LogP contribution >= 0.6 is 0 Å². The third kappa shape index (κ3) is 9.42. The summed E-state index contributed by atoms with van der Waals surface area (Å²) in [6, 6.07) is 73.4. The molecule has 1 unspecified atom stereocenters. The van der Waals surface area contributed by atoms with Gasteiger partial charge in [-0.05, 0) is 152 Å². The molecular formula is C67H52B3O8. The number of ether oxygens (including phenoxy) is 1. The number of carbonyl (C=O) groups excluding carboxylic acids is 1. The second kappa shape index (κ2) is 21.4. The van der Waals surface area contributed by atoms with Crippen LogP contribution in [0.25, 0.3) is 0 Å². The summed E-state index contributed by atoms with van der Waals surface area (Å²) in [6.45, 7) is 2.03. The minimum atomic E-state index is -1.70. The van der Waals surface area contributed by atoms with Crippen molar-refractivity contribution >= 4 is 28.7 Å². The lowest BCUT2D eigenvalue weighted by Crippen LogP contribution is -2.41. The lowest BCUT2D eigenvalue weighted by Gasteiger charge is -2.38. The Kier molecular flexibility index (Phi) is 14.3. The molecule has 0 amide bonds. The molecule has 10 rings (SSSR count). The molecule has 78 heavy (non-hydrogen) atoms. The molecule has 0 fully saturated rings. The van der Waals surface area contributed by atoms with Gasteiger partial charge >= 0.3 is 5.97 Å². The van der Waals surface area contributed by atoms with Gasteiger partial charge in [-0.3, -0.25) is 4.79 Å². The fourth-order valence-electron chi connectivity index (χ4n) is 11.0. The van der Waals surface area contributed by atoms with Crippen molar-refractivity contribution in [2.45, 2.75) is 35.0 Å². The van der Waals surface area contributed by atoms with Crippen molar-refractivity contribution in [2.75, 3.05) is 0 Å². The van der Waals surface area contributed by atoms with E-state index in [0.717, 1.165) is 38.9 Å². The zero-order valence-corrected chi connectivity index (χ0v) is 42.6. The Morgan fingerprint density at radius 3 is 0.923 bits per heavy atom. The van der Waals surface area contributed by atoms with E-state index < -0.39 is 27.4 Å². The summed E-state index contributed by atoms with van der Waals surface area (Å²) in [5.41, 5.74) is 6.64. The first kappa shape index (κ1) is 52.1. The molecule has 8 nitrogen and oxygen atoms in total. The quantitative estimate of drug-likeness (QED) is 0.0319. The number of benzene rings is 10. The molecular weight excluding hydrogens is 965 g/mol. The monoisotopic (exact) mass is 1020 g/mol. The maximum Gasteiger partial charge on any atom is 0.325 e. The summed E-state index contributed by atoms with van der Waals surface area (Å²) in [5, 5.41) is 59.9. The van der Waals surface area contributed by atoms with E-state index in [-0.39, 0.29) is 41.1 Å². The molecule has 6 N–H and O–H groups in total. The van der Waals surface area contributed by atoms with Gasteiger partial charge in [0.05, 0.1) is 15.0 Å². The average molecular weight is 1020 g/mol. The number of phenolic OH excluding ortho intramolecular Hbond substituents is 6. The van der Waals surface area contributed by atoms with Crippen LogP contribution in [0.1, 0.15) is 79.2 Å². The van der Waals surface area contributed by atoms with Crippen molar-refractivity contribution in [3.05, 3.63) is 321 Å². The molecule has 0 spiro atoms. The summed E-state index contributed by atoms with van der Waals surface area (Å²) >= 11 is 0. The molecule has 0 saturated heterocycles. The minimum absolute atomic E-state index is 0.0456. The number of hydrogen-bond acceptors (Lipinski definition) is 8. The van der Waals surface area contributed by atoms with E-state index in [2.05, 4.69) is 6.92 Å². The van der Waals surface area contributed by atoms with Crippen LogP contribution in [-0.2, 0) is 37.6 Å². The first-order valence-electron chi connectivity index (χ1n) is 25.4. The normalized spacial score (nSPS) is 12.5. The molecule has 0 saturated carbocycles. The van der Waals surface area contributed by atoms with Gasteiger partial charge in [-0.25, -0.2) is 0 Å². The molecule has 377 valence electrons. The smallest absolute Gasteiger partial charge is 0.325 e. The van der Waals surface area contributed by atoms with Gasteiger partial charge in [0.2, 0.25) is 0 Å². The summed E-state index contributed by atoms with van der Waals surface area (Å²) in [4.78, 5) is 16.0. The highest BCUT2D eigenvalue weighted by Gasteiger charge is 2.47. The molecule has 0 heterocycles. The number of esters is 1. The Balaban J connectivity index is 1.22. The fourth-order valence-corrected chi connectivity index (χ4v) is 11.0. The van der Waals surface area contributed by atoms with E-state index in [1.165, 1.54) is 0 Å². The Morgan fingerprint density at radius 1 is 0.372 bits per heavy atom. The largest absolute Gasteiger partial charge is 0.508 e. The van der Waals surface area contributed by atoms with Gasteiger partial charge in [0.25, 0.3) is 0 Å². The minimum Gasteiger partial charge on any atom is -0.508 e. The molecule has 0 aliphatic rings. The van der Waals surface area contributed by atoms with Gasteiger partial charge in [-0.1, -0.05) is 176 Å². The summed E-state index contributed by atoms with van der Waals surface area (Å²) in [6.07, 6.45) is 0. The molecule has 10 aromatic rings. The van der Waals surface area contributed by atoms with Crippen LogP contribution in [0.15, 0.2) is 249 Å². The van der Waals surface area contributed by atoms with Crippen LogP contribution < -0.4 is 0 Å². The van der Waals surface area contributed by atoms with E-state index in [4.69, 9.17) is 20.3 Å². The Hall–Kier alpha value is -9.34. The lowest BCUT2D eigenvalue weighted by atomic mass is 9.34. The maximum absolute atomic E-state index is 16.0. The second-order valence-electron chi connectivity index (χ2n) is 19.7. The molecule has 11 heteroatoms. The van der Waals surface area contributed by atoms with E-state index in [0.29, 0.717) is 33.4 Å².